The zero-order chi connectivity index (χ0) is 17.2. The lowest BCUT2D eigenvalue weighted by molar-refractivity contribution is 0.296. The molecule has 0 aliphatic carbocycles. The molecule has 0 saturated carbocycles. The molecule has 1 aromatic heterocycles. The summed E-state index contributed by atoms with van der Waals surface area (Å²) in [6, 6.07) is 10.9. The lowest BCUT2D eigenvalue weighted by Gasteiger charge is -2.18. The maximum Gasteiger partial charge on any atom is 0.191 e. The molecular weight excluding hydrogens is 316 g/mol. The number of benzene rings is 1. The first kappa shape index (κ1) is 18.5. The summed E-state index contributed by atoms with van der Waals surface area (Å²) in [6.07, 6.45) is 0. The highest BCUT2D eigenvalue weighted by Gasteiger charge is 2.03. The monoisotopic (exact) mass is 344 g/mol. The van der Waals surface area contributed by atoms with E-state index >= 15 is 0 Å². The van der Waals surface area contributed by atoms with Crippen LogP contribution in [0.15, 0.2) is 46.1 Å². The predicted octanol–water partition coefficient (Wildman–Crippen LogP) is 3.46. The summed E-state index contributed by atoms with van der Waals surface area (Å²) >= 11 is 1.71. The van der Waals surface area contributed by atoms with Crippen molar-refractivity contribution in [2.24, 2.45) is 4.99 Å². The molecule has 0 radical (unpaired) electrons. The molecule has 1 aromatic carbocycles. The van der Waals surface area contributed by atoms with Crippen LogP contribution in [0.1, 0.15) is 30.5 Å². The number of hydrogen-bond acceptors (Lipinski definition) is 3. The summed E-state index contributed by atoms with van der Waals surface area (Å²) < 4.78 is 0. The molecule has 5 heteroatoms. The Bertz CT molecular complexity index is 618. The molecule has 2 rings (SSSR count). The van der Waals surface area contributed by atoms with Gasteiger partial charge < -0.3 is 10.6 Å². The second kappa shape index (κ2) is 10.1. The fourth-order valence-electron chi connectivity index (χ4n) is 2.53. The third-order valence-corrected chi connectivity index (χ3v) is 4.75. The highest BCUT2D eigenvalue weighted by Crippen LogP contribution is 2.09. The first-order chi connectivity index (χ1) is 11.7. The van der Waals surface area contributed by atoms with Crippen LogP contribution < -0.4 is 10.6 Å². The van der Waals surface area contributed by atoms with Crippen LogP contribution in [-0.2, 0) is 19.6 Å². The Labute approximate surface area is 149 Å². The van der Waals surface area contributed by atoms with Gasteiger partial charge in [-0.2, -0.15) is 11.3 Å². The van der Waals surface area contributed by atoms with Crippen molar-refractivity contribution in [3.63, 3.8) is 0 Å². The molecule has 2 N–H and O–H groups in total. The van der Waals surface area contributed by atoms with Gasteiger partial charge in [-0.15, -0.1) is 0 Å². The van der Waals surface area contributed by atoms with Gasteiger partial charge in [0.1, 0.15) is 0 Å². The molecule has 0 saturated heterocycles. The van der Waals surface area contributed by atoms with Crippen molar-refractivity contribution in [1.82, 2.24) is 15.5 Å². The Kier molecular flexibility index (Phi) is 7.79. The van der Waals surface area contributed by atoms with Crippen LogP contribution >= 0.6 is 11.3 Å². The van der Waals surface area contributed by atoms with E-state index in [4.69, 9.17) is 0 Å². The van der Waals surface area contributed by atoms with Crippen LogP contribution in [0.25, 0.3) is 0 Å². The molecule has 0 spiro atoms. The summed E-state index contributed by atoms with van der Waals surface area (Å²) in [5, 5.41) is 11.0. The molecule has 2 aromatic rings. The summed E-state index contributed by atoms with van der Waals surface area (Å²) in [6.45, 7) is 9.15. The molecule has 0 amide bonds. The highest BCUT2D eigenvalue weighted by atomic mass is 32.1. The van der Waals surface area contributed by atoms with Gasteiger partial charge in [0, 0.05) is 26.7 Å². The van der Waals surface area contributed by atoms with Crippen LogP contribution in [0, 0.1) is 0 Å². The summed E-state index contributed by atoms with van der Waals surface area (Å²) in [5.41, 5.74) is 3.92. The average Bonchev–Trinajstić information content (AvgIpc) is 3.13. The van der Waals surface area contributed by atoms with Crippen LogP contribution in [-0.4, -0.2) is 31.0 Å². The molecule has 4 nitrogen and oxygen atoms in total. The molecular formula is C19H28N4S. The highest BCUT2D eigenvalue weighted by molar-refractivity contribution is 7.07. The number of hydrogen-bond donors (Lipinski definition) is 2. The fraction of sp³-hybridized carbons (Fsp3) is 0.421. The van der Waals surface area contributed by atoms with Gasteiger partial charge in [0.15, 0.2) is 5.96 Å². The first-order valence-corrected chi connectivity index (χ1v) is 9.45. The van der Waals surface area contributed by atoms with E-state index < -0.39 is 0 Å². The molecule has 130 valence electrons. The van der Waals surface area contributed by atoms with E-state index in [1.807, 2.05) is 0 Å². The Morgan fingerprint density at radius 2 is 1.75 bits per heavy atom. The molecule has 0 aliphatic rings. The normalized spacial score (nSPS) is 11.8. The third-order valence-electron chi connectivity index (χ3n) is 4.02. The van der Waals surface area contributed by atoms with Gasteiger partial charge >= 0.3 is 0 Å². The average molecular weight is 345 g/mol. The number of rotatable bonds is 8. The van der Waals surface area contributed by atoms with E-state index in [-0.39, 0.29) is 0 Å². The standard InChI is InChI=1S/C19H28N4S/c1-4-23(5-2)14-17-8-6-7-16(11-17)12-21-19(20-3)22-13-18-9-10-24-15-18/h6-11,15H,4-5,12-14H2,1-3H3,(H2,20,21,22). The minimum atomic E-state index is 0.773. The summed E-state index contributed by atoms with van der Waals surface area (Å²) in [4.78, 5) is 6.71. The lowest BCUT2D eigenvalue weighted by atomic mass is 10.1. The molecule has 0 fully saturated rings. The van der Waals surface area contributed by atoms with E-state index in [2.05, 4.69) is 75.5 Å². The zero-order valence-electron chi connectivity index (χ0n) is 14.9. The molecule has 24 heavy (non-hydrogen) atoms. The van der Waals surface area contributed by atoms with E-state index in [0.29, 0.717) is 0 Å². The first-order valence-electron chi connectivity index (χ1n) is 8.50. The van der Waals surface area contributed by atoms with Gasteiger partial charge in [-0.3, -0.25) is 9.89 Å². The summed E-state index contributed by atoms with van der Waals surface area (Å²) in [5.74, 6) is 0.829. The van der Waals surface area contributed by atoms with Gasteiger partial charge in [0.05, 0.1) is 0 Å². The van der Waals surface area contributed by atoms with E-state index in [9.17, 15) is 0 Å². The lowest BCUT2D eigenvalue weighted by Crippen LogP contribution is -2.36. The van der Waals surface area contributed by atoms with Gasteiger partial charge in [-0.05, 0) is 46.6 Å². The Morgan fingerprint density at radius 1 is 1.04 bits per heavy atom. The number of nitrogens with one attached hydrogen (secondary N) is 2. The Morgan fingerprint density at radius 3 is 2.38 bits per heavy atom. The summed E-state index contributed by atoms with van der Waals surface area (Å²) in [7, 11) is 1.81. The largest absolute Gasteiger partial charge is 0.352 e. The van der Waals surface area contributed by atoms with Gasteiger partial charge in [0.25, 0.3) is 0 Å². The van der Waals surface area contributed by atoms with Gasteiger partial charge in [-0.1, -0.05) is 38.1 Å². The van der Waals surface area contributed by atoms with E-state index in [0.717, 1.165) is 38.7 Å². The minimum Gasteiger partial charge on any atom is -0.352 e. The van der Waals surface area contributed by atoms with Crippen molar-refractivity contribution < 1.29 is 0 Å². The van der Waals surface area contributed by atoms with Crippen LogP contribution in [0.3, 0.4) is 0 Å². The Hall–Kier alpha value is -1.85. The van der Waals surface area contributed by atoms with Crippen molar-refractivity contribution in [1.29, 1.82) is 0 Å². The molecule has 1 heterocycles. The van der Waals surface area contributed by atoms with Crippen molar-refractivity contribution in [3.05, 3.63) is 57.8 Å². The maximum absolute atomic E-state index is 4.29. The van der Waals surface area contributed by atoms with Crippen molar-refractivity contribution in [3.8, 4) is 0 Å². The maximum atomic E-state index is 4.29. The van der Waals surface area contributed by atoms with E-state index in [1.54, 1.807) is 18.4 Å². The molecule has 0 aliphatic heterocycles. The van der Waals surface area contributed by atoms with Crippen LogP contribution in [0.2, 0.25) is 0 Å². The van der Waals surface area contributed by atoms with E-state index in [1.165, 1.54) is 16.7 Å². The number of guanidine groups is 1. The number of thiophene rings is 1. The predicted molar refractivity (Wildman–Crippen MR) is 104 cm³/mol. The van der Waals surface area contributed by atoms with Crippen molar-refractivity contribution >= 4 is 17.3 Å². The minimum absolute atomic E-state index is 0.773. The molecule has 0 bridgehead atoms. The fourth-order valence-corrected chi connectivity index (χ4v) is 3.20. The van der Waals surface area contributed by atoms with Crippen LogP contribution in [0.5, 0.6) is 0 Å². The van der Waals surface area contributed by atoms with Crippen molar-refractivity contribution in [2.75, 3.05) is 20.1 Å². The molecule has 0 unspecified atom stereocenters. The Balaban J connectivity index is 1.85. The third kappa shape index (κ3) is 5.98. The SMILES string of the molecule is CCN(CC)Cc1cccc(CNC(=NC)NCc2ccsc2)c1. The quantitative estimate of drug-likeness (QED) is 0.569. The van der Waals surface area contributed by atoms with Gasteiger partial charge in [-0.25, -0.2) is 0 Å². The molecule has 0 atom stereocenters. The topological polar surface area (TPSA) is 39.7 Å². The number of aliphatic imine (C=N–C) groups is 1. The van der Waals surface area contributed by atoms with Crippen molar-refractivity contribution in [2.45, 2.75) is 33.5 Å². The zero-order valence-corrected chi connectivity index (χ0v) is 15.7. The second-order valence-corrected chi connectivity index (χ2v) is 6.47. The van der Waals surface area contributed by atoms with Crippen LogP contribution in [0.4, 0.5) is 0 Å². The second-order valence-electron chi connectivity index (χ2n) is 5.69. The van der Waals surface area contributed by atoms with Gasteiger partial charge in [0.2, 0.25) is 0 Å². The number of nitrogens with zero attached hydrogens (tertiary/aromatic N) is 2. The smallest absolute Gasteiger partial charge is 0.191 e.